The van der Waals surface area contributed by atoms with E-state index in [1.54, 1.807) is 25.3 Å². The van der Waals surface area contributed by atoms with E-state index in [0.717, 1.165) is 5.56 Å². The lowest BCUT2D eigenvalue weighted by molar-refractivity contribution is 0.104. The van der Waals surface area contributed by atoms with Crippen molar-refractivity contribution in [2.24, 2.45) is 5.14 Å². The van der Waals surface area contributed by atoms with Crippen molar-refractivity contribution in [1.82, 2.24) is 0 Å². The molecule has 2 atom stereocenters. The number of nitriles is 2. The first-order chi connectivity index (χ1) is 8.17. The van der Waals surface area contributed by atoms with Gasteiger partial charge < -0.3 is 4.74 Å². The van der Waals surface area contributed by atoms with Gasteiger partial charge in [0.25, 0.3) is 0 Å². The molecule has 17 heavy (non-hydrogen) atoms. The zero-order valence-electron chi connectivity index (χ0n) is 9.68. The van der Waals surface area contributed by atoms with Crippen LogP contribution in [0.5, 0.6) is 0 Å². The van der Waals surface area contributed by atoms with Crippen molar-refractivity contribution in [3.63, 3.8) is 0 Å². The molecule has 0 aliphatic carbocycles. The third-order valence-corrected chi connectivity index (χ3v) is 3.18. The van der Waals surface area contributed by atoms with Gasteiger partial charge in [0.15, 0.2) is 0 Å². The number of nitrogens with zero attached hydrogens (tertiary/aromatic N) is 2. The number of benzene rings is 1. The Morgan fingerprint density at radius 3 is 2.53 bits per heavy atom. The number of ether oxygens (including phenoxy) is 1. The molecule has 0 saturated heterocycles. The first kappa shape index (κ1) is 13.5. The maximum Gasteiger partial charge on any atom is 0.0996 e. The Morgan fingerprint density at radius 2 is 2.06 bits per heavy atom. The van der Waals surface area contributed by atoms with Gasteiger partial charge in [-0.15, -0.1) is 0 Å². The second-order valence-electron chi connectivity index (χ2n) is 3.52. The van der Waals surface area contributed by atoms with Gasteiger partial charge in [-0.2, -0.15) is 10.5 Å². The Balaban J connectivity index is 3.21. The summed E-state index contributed by atoms with van der Waals surface area (Å²) in [7, 11) is 1.58. The molecular formula is C12H13N3OS. The van der Waals surface area contributed by atoms with Crippen molar-refractivity contribution < 1.29 is 4.74 Å². The zero-order chi connectivity index (χ0) is 12.8. The molecule has 0 aliphatic rings. The predicted octanol–water partition coefficient (Wildman–Crippen LogP) is 2.11. The highest BCUT2D eigenvalue weighted by molar-refractivity contribution is 7.97. The number of nitrogens with two attached hydrogens (primary N) is 1. The van der Waals surface area contributed by atoms with E-state index in [4.69, 9.17) is 20.4 Å². The Hall–Kier alpha value is -1.53. The molecule has 0 aromatic heterocycles. The predicted molar refractivity (Wildman–Crippen MR) is 66.9 cm³/mol. The summed E-state index contributed by atoms with van der Waals surface area (Å²) in [6, 6.07) is 9.08. The third kappa shape index (κ3) is 2.98. The van der Waals surface area contributed by atoms with Crippen molar-refractivity contribution >= 4 is 11.9 Å². The highest BCUT2D eigenvalue weighted by Gasteiger charge is 2.21. The molecule has 0 bridgehead atoms. The summed E-state index contributed by atoms with van der Waals surface area (Å²) in [6.07, 6.45) is -0.257. The highest BCUT2D eigenvalue weighted by Crippen LogP contribution is 2.29. The summed E-state index contributed by atoms with van der Waals surface area (Å²) < 4.78 is 5.37. The Kier molecular flexibility index (Phi) is 4.99. The fourth-order valence-corrected chi connectivity index (χ4v) is 2.01. The largest absolute Gasteiger partial charge is 0.376 e. The van der Waals surface area contributed by atoms with Gasteiger partial charge in [-0.05, 0) is 24.6 Å². The highest BCUT2D eigenvalue weighted by atomic mass is 32.2. The summed E-state index contributed by atoms with van der Waals surface area (Å²) >= 11 is 1.18. The molecule has 0 aliphatic heterocycles. The molecule has 1 aromatic rings. The van der Waals surface area contributed by atoms with E-state index in [9.17, 15) is 0 Å². The molecule has 0 saturated carbocycles. The first-order valence-electron chi connectivity index (χ1n) is 5.00. The minimum Gasteiger partial charge on any atom is -0.376 e. The van der Waals surface area contributed by atoms with E-state index < -0.39 is 0 Å². The molecular weight excluding hydrogens is 234 g/mol. The van der Waals surface area contributed by atoms with E-state index in [2.05, 4.69) is 6.07 Å². The molecule has 0 fully saturated rings. The van der Waals surface area contributed by atoms with Crippen LogP contribution >= 0.6 is 11.9 Å². The van der Waals surface area contributed by atoms with E-state index in [1.165, 1.54) is 11.9 Å². The standard InChI is InChI=1S/C12H13N3OS/c1-8(17-15)12(16-2)11-4-3-9(6-13)5-10(11)7-14/h3-5,8,12H,15H2,1-2H3/t8-,12?/m1/s1. The SMILES string of the molecule is COC(c1ccc(C#N)cc1C#N)[C@@H](C)SN. The lowest BCUT2D eigenvalue weighted by atomic mass is 9.99. The van der Waals surface area contributed by atoms with Crippen LogP contribution < -0.4 is 5.14 Å². The average Bonchev–Trinajstić information content (AvgIpc) is 2.39. The zero-order valence-corrected chi connectivity index (χ0v) is 10.5. The maximum atomic E-state index is 9.08. The lowest BCUT2D eigenvalue weighted by Crippen LogP contribution is -2.17. The second kappa shape index (κ2) is 6.27. The summed E-state index contributed by atoms with van der Waals surface area (Å²) in [6.45, 7) is 1.93. The number of methoxy groups -OCH3 is 1. The van der Waals surface area contributed by atoms with Crippen LogP contribution in [0.15, 0.2) is 18.2 Å². The quantitative estimate of drug-likeness (QED) is 0.824. The van der Waals surface area contributed by atoms with Crippen molar-refractivity contribution in [3.8, 4) is 12.1 Å². The molecule has 0 radical (unpaired) electrons. The monoisotopic (exact) mass is 247 g/mol. The molecule has 1 unspecified atom stereocenters. The molecule has 1 rings (SSSR count). The number of rotatable bonds is 4. The summed E-state index contributed by atoms with van der Waals surface area (Å²) in [5.74, 6) is 0. The Morgan fingerprint density at radius 1 is 1.35 bits per heavy atom. The van der Waals surface area contributed by atoms with Crippen molar-refractivity contribution in [2.75, 3.05) is 7.11 Å². The van der Waals surface area contributed by atoms with Gasteiger partial charge in [0.2, 0.25) is 0 Å². The fourth-order valence-electron chi connectivity index (χ4n) is 1.61. The van der Waals surface area contributed by atoms with Crippen LogP contribution in [0.4, 0.5) is 0 Å². The van der Waals surface area contributed by atoms with Crippen LogP contribution in [-0.2, 0) is 4.74 Å². The minimum atomic E-state index is -0.257. The number of hydrogen-bond acceptors (Lipinski definition) is 5. The van der Waals surface area contributed by atoms with Gasteiger partial charge in [-0.3, -0.25) is 5.14 Å². The van der Waals surface area contributed by atoms with Gasteiger partial charge in [0, 0.05) is 12.4 Å². The molecule has 2 N–H and O–H groups in total. The fraction of sp³-hybridized carbons (Fsp3) is 0.333. The van der Waals surface area contributed by atoms with Crippen LogP contribution in [-0.4, -0.2) is 12.4 Å². The third-order valence-electron chi connectivity index (χ3n) is 2.50. The molecule has 5 heteroatoms. The van der Waals surface area contributed by atoms with Crippen LogP contribution in [0.3, 0.4) is 0 Å². The minimum absolute atomic E-state index is 0.0278. The first-order valence-corrected chi connectivity index (χ1v) is 5.94. The van der Waals surface area contributed by atoms with E-state index in [0.29, 0.717) is 11.1 Å². The van der Waals surface area contributed by atoms with Crippen molar-refractivity contribution in [1.29, 1.82) is 10.5 Å². The average molecular weight is 247 g/mol. The molecule has 88 valence electrons. The van der Waals surface area contributed by atoms with Gasteiger partial charge >= 0.3 is 0 Å². The summed E-state index contributed by atoms with van der Waals surface area (Å²) in [5, 5.41) is 23.4. The van der Waals surface area contributed by atoms with Gasteiger partial charge in [-0.1, -0.05) is 18.0 Å². The van der Waals surface area contributed by atoms with E-state index in [1.807, 2.05) is 13.0 Å². The van der Waals surface area contributed by atoms with E-state index >= 15 is 0 Å². The normalized spacial score (nSPS) is 13.5. The Labute approximate surface area is 105 Å². The molecule has 1 aromatic carbocycles. The summed E-state index contributed by atoms with van der Waals surface area (Å²) in [5.41, 5.74) is 1.68. The number of hydrogen-bond donors (Lipinski definition) is 1. The van der Waals surface area contributed by atoms with Crippen molar-refractivity contribution in [3.05, 3.63) is 34.9 Å². The molecule has 4 nitrogen and oxygen atoms in total. The smallest absolute Gasteiger partial charge is 0.0996 e. The van der Waals surface area contributed by atoms with Gasteiger partial charge in [0.1, 0.15) is 0 Å². The van der Waals surface area contributed by atoms with E-state index in [-0.39, 0.29) is 11.4 Å². The van der Waals surface area contributed by atoms with Gasteiger partial charge in [0.05, 0.1) is 29.4 Å². The lowest BCUT2D eigenvalue weighted by Gasteiger charge is -2.21. The van der Waals surface area contributed by atoms with Crippen LogP contribution in [0.2, 0.25) is 0 Å². The second-order valence-corrected chi connectivity index (χ2v) is 4.54. The summed E-state index contributed by atoms with van der Waals surface area (Å²) in [4.78, 5) is 0. The van der Waals surface area contributed by atoms with Gasteiger partial charge in [-0.25, -0.2) is 0 Å². The van der Waals surface area contributed by atoms with Crippen LogP contribution in [0.25, 0.3) is 0 Å². The molecule has 0 amide bonds. The Bertz CT molecular complexity index is 476. The topological polar surface area (TPSA) is 82.8 Å². The molecule has 0 heterocycles. The van der Waals surface area contributed by atoms with Crippen LogP contribution in [0.1, 0.15) is 29.7 Å². The maximum absolute atomic E-state index is 9.08. The van der Waals surface area contributed by atoms with Crippen molar-refractivity contribution in [2.45, 2.75) is 18.3 Å². The molecule has 0 spiro atoms. The van der Waals surface area contributed by atoms with Crippen LogP contribution in [0, 0.1) is 22.7 Å².